The Bertz CT molecular complexity index is 1680. The van der Waals surface area contributed by atoms with Crippen LogP contribution in [0.4, 0.5) is 10.6 Å². The SMILES string of the molecule is COc1ccc(Cl)cc1S(=O)(=O)Nc1noc2cc(Cn3cc4c(n3)CN(C(=O)OC(C)(C)C)C4)cc(OC)c12. The fourth-order valence-electron chi connectivity index (χ4n) is 4.39. The number of ether oxygens (including phenoxy) is 3. The number of nitrogens with zero attached hydrogens (tertiary/aromatic N) is 4. The predicted molar refractivity (Wildman–Crippen MR) is 146 cm³/mol. The highest BCUT2D eigenvalue weighted by atomic mass is 35.5. The van der Waals surface area contributed by atoms with Gasteiger partial charge in [0.1, 0.15) is 27.4 Å². The van der Waals surface area contributed by atoms with E-state index in [1.807, 2.05) is 27.0 Å². The number of hydrogen-bond acceptors (Lipinski definition) is 9. The topological polar surface area (TPSA) is 138 Å². The Hall–Kier alpha value is -3.97. The Morgan fingerprint density at radius 3 is 2.55 bits per heavy atom. The molecule has 5 rings (SSSR count). The van der Waals surface area contributed by atoms with Gasteiger partial charge in [0.2, 0.25) is 0 Å². The van der Waals surface area contributed by atoms with E-state index in [1.165, 1.54) is 32.4 Å². The van der Waals surface area contributed by atoms with Crippen molar-refractivity contribution in [1.29, 1.82) is 0 Å². The molecule has 2 aromatic heterocycles. The molecule has 0 aliphatic carbocycles. The Morgan fingerprint density at radius 1 is 1.12 bits per heavy atom. The standard InChI is InChI=1S/C26H28ClN5O7S/c1-26(2,3)38-25(33)31-12-16-13-32(28-18(16)14-31)11-15-8-20(37-5)23-21(9-15)39-29-24(23)30-40(34,35)22-10-17(27)6-7-19(22)36-4/h6-10,13H,11-12,14H2,1-5H3,(H,29,30). The summed E-state index contributed by atoms with van der Waals surface area (Å²) in [6.45, 7) is 6.64. The molecule has 3 heterocycles. The fraction of sp³-hybridized carbons (Fsp3) is 0.346. The summed E-state index contributed by atoms with van der Waals surface area (Å²) in [4.78, 5) is 13.9. The van der Waals surface area contributed by atoms with Crippen molar-refractivity contribution >= 4 is 44.5 Å². The van der Waals surface area contributed by atoms with Crippen LogP contribution in [0.15, 0.2) is 45.9 Å². The second-order valence-electron chi connectivity index (χ2n) is 10.2. The van der Waals surface area contributed by atoms with E-state index in [9.17, 15) is 13.2 Å². The molecule has 0 unspecified atom stereocenters. The molecule has 4 aromatic rings. The molecule has 212 valence electrons. The predicted octanol–water partition coefficient (Wildman–Crippen LogP) is 4.79. The number of sulfonamides is 1. The highest BCUT2D eigenvalue weighted by Crippen LogP contribution is 2.36. The highest BCUT2D eigenvalue weighted by molar-refractivity contribution is 7.92. The van der Waals surface area contributed by atoms with Gasteiger partial charge in [-0.1, -0.05) is 16.8 Å². The maximum absolute atomic E-state index is 13.2. The number of carbonyl (C=O) groups is 1. The van der Waals surface area contributed by atoms with Gasteiger partial charge in [-0.3, -0.25) is 14.3 Å². The number of rotatable bonds is 7. The zero-order valence-corrected chi connectivity index (χ0v) is 24.1. The number of aromatic nitrogens is 3. The normalized spacial score (nSPS) is 13.4. The minimum atomic E-state index is -4.13. The molecular formula is C26H28ClN5O7S. The minimum absolute atomic E-state index is 0.0410. The fourth-order valence-corrected chi connectivity index (χ4v) is 5.83. The lowest BCUT2D eigenvalue weighted by molar-refractivity contribution is 0.0239. The summed E-state index contributed by atoms with van der Waals surface area (Å²) in [5.41, 5.74) is 2.27. The van der Waals surface area contributed by atoms with Gasteiger partial charge in [-0.2, -0.15) is 5.10 Å². The summed E-state index contributed by atoms with van der Waals surface area (Å²) in [7, 11) is -1.30. The van der Waals surface area contributed by atoms with E-state index in [1.54, 1.807) is 21.7 Å². The Balaban J connectivity index is 1.36. The summed E-state index contributed by atoms with van der Waals surface area (Å²) in [6, 6.07) is 7.78. The number of anilines is 1. The van der Waals surface area contributed by atoms with E-state index in [0.29, 0.717) is 36.4 Å². The summed E-state index contributed by atoms with van der Waals surface area (Å²) < 4.78 is 52.2. The summed E-state index contributed by atoms with van der Waals surface area (Å²) in [6.07, 6.45) is 1.51. The second kappa shape index (κ2) is 10.2. The highest BCUT2D eigenvalue weighted by Gasteiger charge is 2.30. The van der Waals surface area contributed by atoms with Crippen LogP contribution in [0, 0.1) is 0 Å². The molecule has 1 aliphatic rings. The molecule has 0 radical (unpaired) electrons. The number of amides is 1. The molecule has 0 fully saturated rings. The molecule has 1 amide bonds. The summed E-state index contributed by atoms with van der Waals surface area (Å²) in [5.74, 6) is 0.445. The molecule has 0 atom stereocenters. The molecule has 0 bridgehead atoms. The number of halogens is 1. The van der Waals surface area contributed by atoms with E-state index in [2.05, 4.69) is 15.0 Å². The lowest BCUT2D eigenvalue weighted by Crippen LogP contribution is -2.33. The third-order valence-corrected chi connectivity index (χ3v) is 7.68. The Kier molecular flexibility index (Phi) is 7.04. The molecule has 0 saturated heterocycles. The molecule has 2 aromatic carbocycles. The van der Waals surface area contributed by atoms with Crippen LogP contribution in [-0.2, 0) is 34.4 Å². The number of carbonyl (C=O) groups excluding carboxylic acids is 1. The molecule has 1 aliphatic heterocycles. The van der Waals surface area contributed by atoms with Crippen molar-refractivity contribution in [2.75, 3.05) is 18.9 Å². The number of benzene rings is 2. The average Bonchev–Trinajstić information content (AvgIpc) is 3.56. The average molecular weight is 590 g/mol. The number of methoxy groups -OCH3 is 2. The first-order valence-electron chi connectivity index (χ1n) is 12.2. The van der Waals surface area contributed by atoms with E-state index >= 15 is 0 Å². The second-order valence-corrected chi connectivity index (χ2v) is 12.3. The molecule has 14 heteroatoms. The smallest absolute Gasteiger partial charge is 0.410 e. The van der Waals surface area contributed by atoms with Gasteiger partial charge in [-0.25, -0.2) is 13.2 Å². The van der Waals surface area contributed by atoms with Crippen molar-refractivity contribution in [3.63, 3.8) is 0 Å². The van der Waals surface area contributed by atoms with Crippen LogP contribution in [-0.4, -0.2) is 54.2 Å². The minimum Gasteiger partial charge on any atom is -0.496 e. The first-order chi connectivity index (χ1) is 18.9. The third-order valence-electron chi connectivity index (χ3n) is 6.09. The maximum Gasteiger partial charge on any atom is 0.410 e. The van der Waals surface area contributed by atoms with Crippen LogP contribution in [0.2, 0.25) is 5.02 Å². The van der Waals surface area contributed by atoms with Crippen LogP contribution in [0.5, 0.6) is 11.5 Å². The van der Waals surface area contributed by atoms with Gasteiger partial charge in [-0.05, 0) is 56.7 Å². The maximum atomic E-state index is 13.2. The quantitative estimate of drug-likeness (QED) is 0.322. The first kappa shape index (κ1) is 27.6. The molecule has 12 nitrogen and oxygen atoms in total. The molecule has 40 heavy (non-hydrogen) atoms. The largest absolute Gasteiger partial charge is 0.496 e. The lowest BCUT2D eigenvalue weighted by Gasteiger charge is -2.24. The molecule has 0 saturated carbocycles. The van der Waals surface area contributed by atoms with Gasteiger partial charge in [-0.15, -0.1) is 0 Å². The van der Waals surface area contributed by atoms with E-state index in [4.69, 9.17) is 30.3 Å². The Labute approximate surface area is 235 Å². The molecule has 0 spiro atoms. The summed E-state index contributed by atoms with van der Waals surface area (Å²) in [5, 5.41) is 9.15. The van der Waals surface area contributed by atoms with Gasteiger partial charge in [0.05, 0.1) is 39.5 Å². The van der Waals surface area contributed by atoms with E-state index < -0.39 is 15.6 Å². The van der Waals surface area contributed by atoms with Crippen LogP contribution in [0.1, 0.15) is 37.6 Å². The van der Waals surface area contributed by atoms with Gasteiger partial charge in [0.25, 0.3) is 10.0 Å². The lowest BCUT2D eigenvalue weighted by atomic mass is 10.1. The van der Waals surface area contributed by atoms with Crippen molar-refractivity contribution in [2.45, 2.75) is 50.9 Å². The van der Waals surface area contributed by atoms with Gasteiger partial charge >= 0.3 is 6.09 Å². The van der Waals surface area contributed by atoms with Gasteiger partial charge < -0.3 is 18.7 Å². The van der Waals surface area contributed by atoms with Crippen molar-refractivity contribution in [2.24, 2.45) is 0 Å². The monoisotopic (exact) mass is 589 g/mol. The van der Waals surface area contributed by atoms with Crippen molar-refractivity contribution in [3.8, 4) is 11.5 Å². The van der Waals surface area contributed by atoms with Crippen molar-refractivity contribution in [3.05, 3.63) is 58.4 Å². The third kappa shape index (κ3) is 5.52. The number of hydrogen-bond donors (Lipinski definition) is 1. The van der Waals surface area contributed by atoms with Crippen LogP contribution in [0.3, 0.4) is 0 Å². The number of fused-ring (bicyclic) bond motifs is 2. The number of nitrogens with one attached hydrogen (secondary N) is 1. The van der Waals surface area contributed by atoms with Crippen molar-refractivity contribution < 1.29 is 31.9 Å². The first-order valence-corrected chi connectivity index (χ1v) is 14.1. The molecular weight excluding hydrogens is 562 g/mol. The van der Waals surface area contributed by atoms with Crippen LogP contribution < -0.4 is 14.2 Å². The van der Waals surface area contributed by atoms with Gasteiger partial charge in [0, 0.05) is 16.8 Å². The Morgan fingerprint density at radius 2 is 1.88 bits per heavy atom. The molecule has 1 N–H and O–H groups in total. The van der Waals surface area contributed by atoms with E-state index in [-0.39, 0.29) is 27.6 Å². The zero-order chi connectivity index (χ0) is 28.8. The van der Waals surface area contributed by atoms with Crippen LogP contribution >= 0.6 is 11.6 Å². The van der Waals surface area contributed by atoms with E-state index in [0.717, 1.165) is 16.8 Å². The zero-order valence-electron chi connectivity index (χ0n) is 22.5. The van der Waals surface area contributed by atoms with Gasteiger partial charge in [0.15, 0.2) is 11.4 Å². The van der Waals surface area contributed by atoms with Crippen molar-refractivity contribution in [1.82, 2.24) is 19.8 Å². The van der Waals surface area contributed by atoms with Crippen LogP contribution in [0.25, 0.3) is 11.0 Å². The summed E-state index contributed by atoms with van der Waals surface area (Å²) >= 11 is 6.02.